The van der Waals surface area contributed by atoms with Crippen molar-refractivity contribution in [3.05, 3.63) is 95.6 Å². The lowest BCUT2D eigenvalue weighted by molar-refractivity contribution is 0.0950. The molecule has 1 fully saturated rings. The maximum atomic E-state index is 12.9. The van der Waals surface area contributed by atoms with Gasteiger partial charge in [-0.2, -0.15) is 0 Å². The Hall–Kier alpha value is -3.20. The van der Waals surface area contributed by atoms with Crippen LogP contribution in [0.25, 0.3) is 0 Å². The highest BCUT2D eigenvalue weighted by Crippen LogP contribution is 2.22. The van der Waals surface area contributed by atoms with E-state index in [1.165, 1.54) is 29.0 Å². The highest BCUT2D eigenvalue weighted by molar-refractivity contribution is 7.92. The molecule has 0 aromatic heterocycles. The first-order valence-electron chi connectivity index (χ1n) is 11.7. The van der Waals surface area contributed by atoms with Gasteiger partial charge in [0.25, 0.3) is 15.9 Å². The second-order valence-corrected chi connectivity index (χ2v) is 10.9. The van der Waals surface area contributed by atoms with Gasteiger partial charge in [0.1, 0.15) is 0 Å². The van der Waals surface area contributed by atoms with E-state index in [4.69, 9.17) is 0 Å². The predicted octanol–water partition coefficient (Wildman–Crippen LogP) is 3.19. The Morgan fingerprint density at radius 2 is 1.54 bits per heavy atom. The lowest BCUT2D eigenvalue weighted by Crippen LogP contribution is -2.43. The van der Waals surface area contributed by atoms with Crippen molar-refractivity contribution >= 4 is 21.6 Å². The van der Waals surface area contributed by atoms with Crippen molar-refractivity contribution in [2.24, 2.45) is 0 Å². The number of hydrogen-bond donors (Lipinski definition) is 1. The van der Waals surface area contributed by atoms with E-state index in [2.05, 4.69) is 34.3 Å². The van der Waals surface area contributed by atoms with Crippen LogP contribution in [0.4, 0.5) is 5.69 Å². The summed E-state index contributed by atoms with van der Waals surface area (Å²) < 4.78 is 27.1. The Kier molecular flexibility index (Phi) is 7.85. The van der Waals surface area contributed by atoms with Crippen molar-refractivity contribution in [2.45, 2.75) is 18.0 Å². The molecule has 0 atom stereocenters. The number of likely N-dealkylation sites (N-methyl/N-ethyl adjacent to an activating group) is 1. The van der Waals surface area contributed by atoms with E-state index in [0.717, 1.165) is 38.3 Å². The highest BCUT2D eigenvalue weighted by atomic mass is 32.2. The molecule has 1 heterocycles. The van der Waals surface area contributed by atoms with E-state index in [0.29, 0.717) is 17.8 Å². The summed E-state index contributed by atoms with van der Waals surface area (Å²) in [6, 6.07) is 23.2. The monoisotopic (exact) mass is 492 g/mol. The molecule has 184 valence electrons. The fourth-order valence-electron chi connectivity index (χ4n) is 4.10. The average molecular weight is 493 g/mol. The van der Waals surface area contributed by atoms with E-state index < -0.39 is 10.0 Å². The van der Waals surface area contributed by atoms with Gasteiger partial charge in [-0.15, -0.1) is 0 Å². The standard InChI is InChI=1S/C27H32N4O3S/c1-29-15-17-31(18-16-29)21-23-8-6-7-22(19-23)20-28-27(32)24-11-13-26(14-12-24)35(33,34)30(2)25-9-4-3-5-10-25/h3-14,19H,15-18,20-21H2,1-2H3,(H,28,32). The van der Waals surface area contributed by atoms with Crippen molar-refractivity contribution in [1.29, 1.82) is 0 Å². The number of piperazine rings is 1. The van der Waals surface area contributed by atoms with Crippen LogP contribution in [-0.4, -0.2) is 64.4 Å². The molecule has 4 rings (SSSR count). The average Bonchev–Trinajstić information content (AvgIpc) is 2.89. The summed E-state index contributed by atoms with van der Waals surface area (Å²) in [5.74, 6) is -0.241. The molecule has 7 nitrogen and oxygen atoms in total. The van der Waals surface area contributed by atoms with Gasteiger partial charge in [-0.1, -0.05) is 42.5 Å². The zero-order chi connectivity index (χ0) is 24.8. The van der Waals surface area contributed by atoms with Gasteiger partial charge >= 0.3 is 0 Å². The second-order valence-electron chi connectivity index (χ2n) is 8.91. The van der Waals surface area contributed by atoms with E-state index in [9.17, 15) is 13.2 Å². The van der Waals surface area contributed by atoms with Gasteiger partial charge < -0.3 is 10.2 Å². The van der Waals surface area contributed by atoms with Crippen molar-refractivity contribution in [3.63, 3.8) is 0 Å². The molecule has 0 radical (unpaired) electrons. The third kappa shape index (κ3) is 6.28. The molecule has 0 unspecified atom stereocenters. The molecule has 1 aliphatic rings. The summed E-state index contributed by atoms with van der Waals surface area (Å²) in [4.78, 5) is 17.6. The van der Waals surface area contributed by atoms with Gasteiger partial charge in [0, 0.05) is 51.9 Å². The fraction of sp³-hybridized carbons (Fsp3) is 0.296. The summed E-state index contributed by atoms with van der Waals surface area (Å²) in [5.41, 5.74) is 3.26. The molecule has 0 aliphatic carbocycles. The fourth-order valence-corrected chi connectivity index (χ4v) is 5.30. The van der Waals surface area contributed by atoms with Crippen LogP contribution in [0.1, 0.15) is 21.5 Å². The van der Waals surface area contributed by atoms with Crippen LogP contribution in [0.2, 0.25) is 0 Å². The highest BCUT2D eigenvalue weighted by Gasteiger charge is 2.21. The minimum Gasteiger partial charge on any atom is -0.348 e. The minimum absolute atomic E-state index is 0.136. The molecule has 35 heavy (non-hydrogen) atoms. The van der Waals surface area contributed by atoms with Crippen molar-refractivity contribution in [3.8, 4) is 0 Å². The lowest BCUT2D eigenvalue weighted by atomic mass is 10.1. The summed E-state index contributed by atoms with van der Waals surface area (Å²) in [5, 5.41) is 2.94. The molecule has 3 aromatic rings. The number of carbonyl (C=O) groups excluding carboxylic acids is 1. The molecule has 0 bridgehead atoms. The number of benzene rings is 3. The Balaban J connectivity index is 1.35. The van der Waals surface area contributed by atoms with Crippen LogP contribution in [0, 0.1) is 0 Å². The predicted molar refractivity (Wildman–Crippen MR) is 139 cm³/mol. The number of para-hydroxylation sites is 1. The van der Waals surface area contributed by atoms with Crippen LogP contribution >= 0.6 is 0 Å². The van der Waals surface area contributed by atoms with Gasteiger partial charge in [-0.3, -0.25) is 14.0 Å². The summed E-state index contributed by atoms with van der Waals surface area (Å²) >= 11 is 0. The SMILES string of the molecule is CN1CCN(Cc2cccc(CNC(=O)c3ccc(S(=O)(=O)N(C)c4ccccc4)cc3)c2)CC1. The summed E-state index contributed by atoms with van der Waals surface area (Å²) in [6.45, 7) is 5.60. The zero-order valence-corrected chi connectivity index (χ0v) is 21.0. The molecule has 1 aliphatic heterocycles. The lowest BCUT2D eigenvalue weighted by Gasteiger charge is -2.32. The molecule has 0 spiro atoms. The molecule has 8 heteroatoms. The normalized spacial score (nSPS) is 15.0. The number of nitrogens with zero attached hydrogens (tertiary/aromatic N) is 3. The minimum atomic E-state index is -3.71. The molecule has 1 N–H and O–H groups in total. The van der Waals surface area contributed by atoms with E-state index in [1.807, 2.05) is 18.2 Å². The Bertz CT molecular complexity index is 1240. The van der Waals surface area contributed by atoms with Gasteiger partial charge in [0.05, 0.1) is 10.6 Å². The first kappa shape index (κ1) is 24.9. The van der Waals surface area contributed by atoms with Crippen LogP contribution in [0.15, 0.2) is 83.8 Å². The number of anilines is 1. The maximum Gasteiger partial charge on any atom is 0.264 e. The molecule has 3 aromatic carbocycles. The molecular formula is C27H32N4O3S. The summed E-state index contributed by atoms with van der Waals surface area (Å²) in [6.07, 6.45) is 0. The smallest absolute Gasteiger partial charge is 0.264 e. The van der Waals surface area contributed by atoms with Gasteiger partial charge in [0.15, 0.2) is 0 Å². The number of nitrogens with one attached hydrogen (secondary N) is 1. The Morgan fingerprint density at radius 1 is 0.886 bits per heavy atom. The number of amides is 1. The third-order valence-corrected chi connectivity index (χ3v) is 8.14. The number of carbonyl (C=O) groups is 1. The first-order valence-corrected chi connectivity index (χ1v) is 13.2. The van der Waals surface area contributed by atoms with Gasteiger partial charge in [-0.05, 0) is 54.6 Å². The van der Waals surface area contributed by atoms with Crippen LogP contribution in [0.5, 0.6) is 0 Å². The zero-order valence-electron chi connectivity index (χ0n) is 20.2. The van der Waals surface area contributed by atoms with Crippen molar-refractivity contribution in [2.75, 3.05) is 44.6 Å². The van der Waals surface area contributed by atoms with Crippen LogP contribution in [-0.2, 0) is 23.1 Å². The van der Waals surface area contributed by atoms with Crippen molar-refractivity contribution in [1.82, 2.24) is 15.1 Å². The first-order chi connectivity index (χ1) is 16.8. The number of sulfonamides is 1. The molecule has 1 saturated heterocycles. The summed E-state index contributed by atoms with van der Waals surface area (Å²) in [7, 11) is -0.0489. The van der Waals surface area contributed by atoms with Crippen LogP contribution in [0.3, 0.4) is 0 Å². The molecule has 0 saturated carbocycles. The third-order valence-electron chi connectivity index (χ3n) is 6.34. The number of hydrogen-bond acceptors (Lipinski definition) is 5. The topological polar surface area (TPSA) is 73.0 Å². The molecule has 1 amide bonds. The van der Waals surface area contributed by atoms with Gasteiger partial charge in [-0.25, -0.2) is 8.42 Å². The van der Waals surface area contributed by atoms with Crippen molar-refractivity contribution < 1.29 is 13.2 Å². The van der Waals surface area contributed by atoms with E-state index >= 15 is 0 Å². The Morgan fingerprint density at radius 3 is 2.23 bits per heavy atom. The number of rotatable bonds is 8. The van der Waals surface area contributed by atoms with Crippen LogP contribution < -0.4 is 9.62 Å². The molecular weight excluding hydrogens is 460 g/mol. The largest absolute Gasteiger partial charge is 0.348 e. The van der Waals surface area contributed by atoms with Gasteiger partial charge in [0.2, 0.25) is 0 Å². The van der Waals surface area contributed by atoms with E-state index in [1.54, 1.807) is 36.4 Å². The Labute approximate surface area is 208 Å². The van der Waals surface area contributed by atoms with E-state index in [-0.39, 0.29) is 10.8 Å². The maximum absolute atomic E-state index is 12.9. The quantitative estimate of drug-likeness (QED) is 0.523. The second kappa shape index (κ2) is 11.0.